The summed E-state index contributed by atoms with van der Waals surface area (Å²) in [7, 11) is 0. The fraction of sp³-hybridized carbons (Fsp3) is 0. The lowest BCUT2D eigenvalue weighted by molar-refractivity contribution is 0.625. The maximum absolute atomic E-state index is 13.9. The zero-order chi connectivity index (χ0) is 15.6. The Balaban J connectivity index is 1.72. The maximum Gasteiger partial charge on any atom is 0.151 e. The molecule has 0 amide bonds. The van der Waals surface area contributed by atoms with Crippen molar-refractivity contribution in [2.24, 2.45) is 0 Å². The standard InChI is InChI=1S/C17H12FN5/c18-13-2-1-6-20-16(13)15-10-11(3-7-19-15)23-14-5-9-22-17-12(14)4-8-21-17/h1-10H,(H2,19,21,22,23). The lowest BCUT2D eigenvalue weighted by Crippen LogP contribution is -1.95. The number of halogens is 1. The molecule has 0 fully saturated rings. The predicted octanol–water partition coefficient (Wildman–Crippen LogP) is 3.90. The van der Waals surface area contributed by atoms with Gasteiger partial charge in [0.1, 0.15) is 11.3 Å². The maximum atomic E-state index is 13.9. The number of pyridine rings is 3. The highest BCUT2D eigenvalue weighted by Crippen LogP contribution is 2.26. The summed E-state index contributed by atoms with van der Waals surface area (Å²) in [5.41, 5.74) is 3.23. The summed E-state index contributed by atoms with van der Waals surface area (Å²) >= 11 is 0. The average molecular weight is 305 g/mol. The minimum atomic E-state index is -0.394. The molecule has 0 aromatic carbocycles. The molecule has 0 aliphatic heterocycles. The molecule has 0 radical (unpaired) electrons. The summed E-state index contributed by atoms with van der Waals surface area (Å²) in [6.07, 6.45) is 6.74. The van der Waals surface area contributed by atoms with Crippen molar-refractivity contribution in [2.75, 3.05) is 5.32 Å². The largest absolute Gasteiger partial charge is 0.355 e. The second kappa shape index (κ2) is 5.49. The number of hydrogen-bond donors (Lipinski definition) is 2. The molecule has 4 heterocycles. The third kappa shape index (κ3) is 2.50. The summed E-state index contributed by atoms with van der Waals surface area (Å²) in [6.45, 7) is 0. The first kappa shape index (κ1) is 13.4. The van der Waals surface area contributed by atoms with Gasteiger partial charge in [0.2, 0.25) is 0 Å². The molecule has 0 aliphatic carbocycles. The Morgan fingerprint density at radius 1 is 0.957 bits per heavy atom. The summed E-state index contributed by atoms with van der Waals surface area (Å²) in [5, 5.41) is 4.29. The van der Waals surface area contributed by atoms with Gasteiger partial charge >= 0.3 is 0 Å². The molecular weight excluding hydrogens is 293 g/mol. The van der Waals surface area contributed by atoms with Gasteiger partial charge in [-0.25, -0.2) is 9.37 Å². The first-order valence-electron chi connectivity index (χ1n) is 7.07. The summed E-state index contributed by atoms with van der Waals surface area (Å²) in [6, 6.07) is 10.4. The molecule has 6 heteroatoms. The van der Waals surface area contributed by atoms with Gasteiger partial charge in [0.25, 0.3) is 0 Å². The molecule has 23 heavy (non-hydrogen) atoms. The minimum absolute atomic E-state index is 0.234. The van der Waals surface area contributed by atoms with Crippen molar-refractivity contribution in [1.29, 1.82) is 0 Å². The van der Waals surface area contributed by atoms with Gasteiger partial charge in [0.15, 0.2) is 5.82 Å². The third-order valence-corrected chi connectivity index (χ3v) is 3.50. The van der Waals surface area contributed by atoms with E-state index in [1.165, 1.54) is 6.07 Å². The van der Waals surface area contributed by atoms with Crippen LogP contribution in [0.15, 0.2) is 61.2 Å². The molecule has 0 atom stereocenters. The summed E-state index contributed by atoms with van der Waals surface area (Å²) in [5.74, 6) is -0.394. The van der Waals surface area contributed by atoms with Crippen LogP contribution in [-0.2, 0) is 0 Å². The van der Waals surface area contributed by atoms with Gasteiger partial charge in [-0.15, -0.1) is 0 Å². The number of nitrogens with zero attached hydrogens (tertiary/aromatic N) is 3. The van der Waals surface area contributed by atoms with E-state index in [2.05, 4.69) is 25.3 Å². The Morgan fingerprint density at radius 2 is 1.87 bits per heavy atom. The van der Waals surface area contributed by atoms with Gasteiger partial charge in [-0.05, 0) is 36.4 Å². The van der Waals surface area contributed by atoms with Crippen LogP contribution in [0.1, 0.15) is 0 Å². The van der Waals surface area contributed by atoms with Crippen molar-refractivity contribution in [2.45, 2.75) is 0 Å². The molecule has 4 rings (SSSR count). The van der Waals surface area contributed by atoms with Crippen LogP contribution < -0.4 is 5.32 Å². The van der Waals surface area contributed by atoms with E-state index in [1.54, 1.807) is 30.7 Å². The van der Waals surface area contributed by atoms with Crippen LogP contribution in [0, 0.1) is 5.82 Å². The smallest absolute Gasteiger partial charge is 0.151 e. The van der Waals surface area contributed by atoms with E-state index in [0.29, 0.717) is 5.69 Å². The van der Waals surface area contributed by atoms with E-state index in [4.69, 9.17) is 0 Å². The fourth-order valence-electron chi connectivity index (χ4n) is 2.44. The average Bonchev–Trinajstić information content (AvgIpc) is 3.05. The van der Waals surface area contributed by atoms with Crippen LogP contribution in [0.2, 0.25) is 0 Å². The number of anilines is 2. The van der Waals surface area contributed by atoms with Crippen LogP contribution in [0.3, 0.4) is 0 Å². The minimum Gasteiger partial charge on any atom is -0.355 e. The highest BCUT2D eigenvalue weighted by Gasteiger charge is 2.09. The highest BCUT2D eigenvalue weighted by atomic mass is 19.1. The molecule has 0 saturated carbocycles. The molecule has 0 unspecified atom stereocenters. The van der Waals surface area contributed by atoms with E-state index in [0.717, 1.165) is 22.4 Å². The Labute approximate surface area is 131 Å². The van der Waals surface area contributed by atoms with Crippen molar-refractivity contribution < 1.29 is 4.39 Å². The fourth-order valence-corrected chi connectivity index (χ4v) is 2.44. The Morgan fingerprint density at radius 3 is 2.78 bits per heavy atom. The zero-order valence-electron chi connectivity index (χ0n) is 12.0. The number of fused-ring (bicyclic) bond motifs is 1. The van der Waals surface area contributed by atoms with Gasteiger partial charge in [-0.2, -0.15) is 0 Å². The van der Waals surface area contributed by atoms with Gasteiger partial charge < -0.3 is 10.3 Å². The van der Waals surface area contributed by atoms with Crippen molar-refractivity contribution >= 4 is 22.4 Å². The number of nitrogens with one attached hydrogen (secondary N) is 2. The molecule has 0 saturated heterocycles. The lowest BCUT2D eigenvalue weighted by atomic mass is 10.2. The zero-order valence-corrected chi connectivity index (χ0v) is 12.0. The van der Waals surface area contributed by atoms with Crippen LogP contribution >= 0.6 is 0 Å². The molecule has 0 spiro atoms. The number of H-pyrrole nitrogens is 1. The molecule has 2 N–H and O–H groups in total. The molecule has 5 nitrogen and oxygen atoms in total. The number of rotatable bonds is 3. The van der Waals surface area contributed by atoms with Crippen molar-refractivity contribution in [1.82, 2.24) is 19.9 Å². The monoisotopic (exact) mass is 305 g/mol. The number of aromatic nitrogens is 4. The van der Waals surface area contributed by atoms with E-state index < -0.39 is 5.82 Å². The molecular formula is C17H12FN5. The second-order valence-electron chi connectivity index (χ2n) is 4.99. The number of hydrogen-bond acceptors (Lipinski definition) is 4. The van der Waals surface area contributed by atoms with Gasteiger partial charge in [-0.1, -0.05) is 0 Å². The Bertz CT molecular complexity index is 979. The predicted molar refractivity (Wildman–Crippen MR) is 86.8 cm³/mol. The van der Waals surface area contributed by atoms with Crippen LogP contribution in [0.25, 0.3) is 22.4 Å². The Kier molecular flexibility index (Phi) is 3.20. The summed E-state index contributed by atoms with van der Waals surface area (Å²) in [4.78, 5) is 15.6. The van der Waals surface area contributed by atoms with Gasteiger partial charge in [0, 0.05) is 35.9 Å². The third-order valence-electron chi connectivity index (χ3n) is 3.50. The summed E-state index contributed by atoms with van der Waals surface area (Å²) < 4.78 is 13.9. The molecule has 0 aliphatic rings. The normalized spacial score (nSPS) is 10.8. The van der Waals surface area contributed by atoms with Crippen molar-refractivity contribution in [3.8, 4) is 11.4 Å². The number of aromatic amines is 1. The lowest BCUT2D eigenvalue weighted by Gasteiger charge is -2.09. The van der Waals surface area contributed by atoms with E-state index >= 15 is 0 Å². The van der Waals surface area contributed by atoms with Crippen molar-refractivity contribution in [3.63, 3.8) is 0 Å². The van der Waals surface area contributed by atoms with Crippen LogP contribution in [0.5, 0.6) is 0 Å². The molecule has 112 valence electrons. The van der Waals surface area contributed by atoms with Gasteiger partial charge in [-0.3, -0.25) is 9.97 Å². The topological polar surface area (TPSA) is 66.5 Å². The van der Waals surface area contributed by atoms with Gasteiger partial charge in [0.05, 0.1) is 11.4 Å². The van der Waals surface area contributed by atoms with E-state index in [9.17, 15) is 4.39 Å². The molecule has 4 aromatic rings. The Hall–Kier alpha value is -3.28. The first-order chi connectivity index (χ1) is 11.3. The van der Waals surface area contributed by atoms with E-state index in [-0.39, 0.29) is 5.69 Å². The van der Waals surface area contributed by atoms with E-state index in [1.807, 2.05) is 24.4 Å². The van der Waals surface area contributed by atoms with Crippen LogP contribution in [0.4, 0.5) is 15.8 Å². The molecule has 4 aromatic heterocycles. The molecule has 0 bridgehead atoms. The highest BCUT2D eigenvalue weighted by molar-refractivity contribution is 5.91. The first-order valence-corrected chi connectivity index (χ1v) is 7.07. The van der Waals surface area contributed by atoms with Crippen molar-refractivity contribution in [3.05, 3.63) is 67.0 Å². The van der Waals surface area contributed by atoms with Crippen LogP contribution in [-0.4, -0.2) is 19.9 Å². The quantitative estimate of drug-likeness (QED) is 0.602. The second-order valence-corrected chi connectivity index (χ2v) is 4.99. The SMILES string of the molecule is Fc1cccnc1-c1cc(Nc2ccnc3[nH]ccc23)ccn1.